The summed E-state index contributed by atoms with van der Waals surface area (Å²) in [6.45, 7) is 4.00. The van der Waals surface area contributed by atoms with E-state index in [1.807, 2.05) is 44.2 Å². The molecule has 0 saturated heterocycles. The highest BCUT2D eigenvalue weighted by Crippen LogP contribution is 2.27. The third kappa shape index (κ3) is 7.06. The summed E-state index contributed by atoms with van der Waals surface area (Å²) in [5.74, 6) is -0.677. The smallest absolute Gasteiger partial charge is 0.244 e. The Morgan fingerprint density at radius 1 is 1.03 bits per heavy atom. The third-order valence-electron chi connectivity index (χ3n) is 5.02. The molecule has 0 radical (unpaired) electrons. The number of rotatable bonds is 11. The molecule has 2 rings (SSSR count). The summed E-state index contributed by atoms with van der Waals surface area (Å²) in [5.41, 5.74) is 1.40. The topological polar surface area (TPSA) is 86.8 Å². The van der Waals surface area contributed by atoms with Crippen LogP contribution in [0, 0.1) is 0 Å². The summed E-state index contributed by atoms with van der Waals surface area (Å²) in [5, 5.41) is 2.78. The van der Waals surface area contributed by atoms with Gasteiger partial charge in [0.2, 0.25) is 21.8 Å². The van der Waals surface area contributed by atoms with Gasteiger partial charge in [-0.05, 0) is 53.4 Å². The van der Waals surface area contributed by atoms with Crippen LogP contribution in [0.5, 0.6) is 0 Å². The Bertz CT molecular complexity index is 1010. The van der Waals surface area contributed by atoms with Gasteiger partial charge in [-0.2, -0.15) is 0 Å². The Balaban J connectivity index is 2.35. The normalized spacial score (nSPS) is 12.1. The van der Waals surface area contributed by atoms with E-state index in [1.54, 1.807) is 24.3 Å². The lowest BCUT2D eigenvalue weighted by molar-refractivity contribution is -0.139. The molecule has 174 valence electrons. The Labute approximate surface area is 199 Å². The molecule has 0 aliphatic heterocycles. The van der Waals surface area contributed by atoms with Crippen molar-refractivity contribution in [1.82, 2.24) is 10.2 Å². The van der Waals surface area contributed by atoms with Gasteiger partial charge in [-0.1, -0.05) is 49.4 Å². The minimum Gasteiger partial charge on any atom is -0.355 e. The number of halogens is 1. The minimum absolute atomic E-state index is 0.247. The standard InChI is InChI=1S/C23H30BrN3O4S/c1-4-20(23(29)25-5-2)26(16-15-18-11-7-6-8-12-18)22(28)17-27(32(3,30)31)21-14-10-9-13-19(21)24/h6-14,20H,4-5,15-17H2,1-3H3,(H,25,29)/t20-/m0/s1. The van der Waals surface area contributed by atoms with Crippen molar-refractivity contribution < 1.29 is 18.0 Å². The van der Waals surface area contributed by atoms with E-state index in [0.717, 1.165) is 16.1 Å². The lowest BCUT2D eigenvalue weighted by Gasteiger charge is -2.33. The van der Waals surface area contributed by atoms with E-state index in [2.05, 4.69) is 21.2 Å². The second-order valence-electron chi connectivity index (χ2n) is 7.36. The number of carbonyl (C=O) groups is 2. The Morgan fingerprint density at radius 2 is 1.66 bits per heavy atom. The van der Waals surface area contributed by atoms with Crippen LogP contribution in [-0.4, -0.2) is 57.1 Å². The zero-order valence-electron chi connectivity index (χ0n) is 18.6. The van der Waals surface area contributed by atoms with Crippen LogP contribution in [0.4, 0.5) is 5.69 Å². The van der Waals surface area contributed by atoms with Gasteiger partial charge in [0.25, 0.3) is 0 Å². The van der Waals surface area contributed by atoms with Gasteiger partial charge < -0.3 is 10.2 Å². The number of amides is 2. The molecule has 2 aromatic rings. The van der Waals surface area contributed by atoms with Crippen molar-refractivity contribution >= 4 is 43.5 Å². The molecule has 1 N–H and O–H groups in total. The highest BCUT2D eigenvalue weighted by molar-refractivity contribution is 9.10. The van der Waals surface area contributed by atoms with Crippen molar-refractivity contribution in [1.29, 1.82) is 0 Å². The lowest BCUT2D eigenvalue weighted by atomic mass is 10.1. The molecule has 0 heterocycles. The second kappa shape index (κ2) is 12.0. The first-order valence-electron chi connectivity index (χ1n) is 10.5. The predicted molar refractivity (Wildman–Crippen MR) is 131 cm³/mol. The van der Waals surface area contributed by atoms with E-state index in [4.69, 9.17) is 0 Å². The number of nitrogens with one attached hydrogen (secondary N) is 1. The van der Waals surface area contributed by atoms with Crippen LogP contribution in [0.25, 0.3) is 0 Å². The Morgan fingerprint density at radius 3 is 2.22 bits per heavy atom. The molecule has 9 heteroatoms. The van der Waals surface area contributed by atoms with Gasteiger partial charge >= 0.3 is 0 Å². The van der Waals surface area contributed by atoms with Crippen molar-refractivity contribution in [2.45, 2.75) is 32.7 Å². The molecule has 2 aromatic carbocycles. The highest BCUT2D eigenvalue weighted by atomic mass is 79.9. The molecule has 0 bridgehead atoms. The molecule has 0 saturated carbocycles. The summed E-state index contributed by atoms with van der Waals surface area (Å²) in [6.07, 6.45) is 2.03. The van der Waals surface area contributed by atoms with Crippen LogP contribution >= 0.6 is 15.9 Å². The van der Waals surface area contributed by atoms with Gasteiger partial charge in [-0.15, -0.1) is 0 Å². The van der Waals surface area contributed by atoms with Crippen molar-refractivity contribution in [2.75, 3.05) is 30.2 Å². The highest BCUT2D eigenvalue weighted by Gasteiger charge is 2.31. The summed E-state index contributed by atoms with van der Waals surface area (Å²) in [6, 6.07) is 15.8. The van der Waals surface area contributed by atoms with E-state index in [1.165, 1.54) is 4.90 Å². The molecule has 0 aromatic heterocycles. The van der Waals surface area contributed by atoms with Gasteiger partial charge in [0.15, 0.2) is 0 Å². The maximum Gasteiger partial charge on any atom is 0.244 e. The average Bonchev–Trinajstić information content (AvgIpc) is 2.75. The zero-order valence-corrected chi connectivity index (χ0v) is 21.0. The predicted octanol–water partition coefficient (Wildman–Crippen LogP) is 3.20. The molecule has 0 unspecified atom stereocenters. The van der Waals surface area contributed by atoms with Gasteiger partial charge in [-0.3, -0.25) is 13.9 Å². The maximum atomic E-state index is 13.4. The van der Waals surface area contributed by atoms with Crippen molar-refractivity contribution in [2.24, 2.45) is 0 Å². The van der Waals surface area contributed by atoms with Crippen LogP contribution < -0.4 is 9.62 Å². The van der Waals surface area contributed by atoms with Gasteiger partial charge in [0.05, 0.1) is 11.9 Å². The lowest BCUT2D eigenvalue weighted by Crippen LogP contribution is -2.53. The second-order valence-corrected chi connectivity index (χ2v) is 10.1. The monoisotopic (exact) mass is 523 g/mol. The third-order valence-corrected chi connectivity index (χ3v) is 6.82. The van der Waals surface area contributed by atoms with E-state index in [0.29, 0.717) is 36.1 Å². The number of hydrogen-bond acceptors (Lipinski definition) is 4. The molecular formula is C23H30BrN3O4S. The van der Waals surface area contributed by atoms with E-state index < -0.39 is 28.5 Å². The number of carbonyl (C=O) groups excluding carboxylic acids is 2. The number of anilines is 1. The van der Waals surface area contributed by atoms with Crippen LogP contribution in [0.1, 0.15) is 25.8 Å². The van der Waals surface area contributed by atoms with Crippen LogP contribution in [0.15, 0.2) is 59.1 Å². The fraction of sp³-hybridized carbons (Fsp3) is 0.391. The van der Waals surface area contributed by atoms with E-state index >= 15 is 0 Å². The van der Waals surface area contributed by atoms with Crippen LogP contribution in [0.2, 0.25) is 0 Å². The van der Waals surface area contributed by atoms with Crippen LogP contribution in [0.3, 0.4) is 0 Å². The number of likely N-dealkylation sites (N-methyl/N-ethyl adjacent to an activating group) is 1. The van der Waals surface area contributed by atoms with Crippen molar-refractivity contribution in [3.05, 3.63) is 64.6 Å². The number of hydrogen-bond donors (Lipinski definition) is 1. The molecule has 1 atom stereocenters. The summed E-state index contributed by atoms with van der Waals surface area (Å²) >= 11 is 3.37. The Kier molecular flexibility index (Phi) is 9.71. The fourth-order valence-electron chi connectivity index (χ4n) is 3.44. The maximum absolute atomic E-state index is 13.4. The molecule has 0 spiro atoms. The largest absolute Gasteiger partial charge is 0.355 e. The number of para-hydroxylation sites is 1. The molecule has 0 aliphatic carbocycles. The number of benzene rings is 2. The minimum atomic E-state index is -3.74. The fourth-order valence-corrected chi connectivity index (χ4v) is 4.91. The molecular weight excluding hydrogens is 494 g/mol. The zero-order chi connectivity index (χ0) is 23.7. The van der Waals surface area contributed by atoms with E-state index in [-0.39, 0.29) is 5.91 Å². The van der Waals surface area contributed by atoms with Crippen molar-refractivity contribution in [3.8, 4) is 0 Å². The first kappa shape index (κ1) is 25.9. The van der Waals surface area contributed by atoms with Gasteiger partial charge in [0.1, 0.15) is 12.6 Å². The van der Waals surface area contributed by atoms with Crippen molar-refractivity contribution in [3.63, 3.8) is 0 Å². The van der Waals surface area contributed by atoms with Gasteiger partial charge in [0, 0.05) is 17.6 Å². The quantitative estimate of drug-likeness (QED) is 0.489. The first-order chi connectivity index (χ1) is 15.2. The summed E-state index contributed by atoms with van der Waals surface area (Å²) in [4.78, 5) is 27.6. The SMILES string of the molecule is CCNC(=O)[C@H](CC)N(CCc1ccccc1)C(=O)CN(c1ccccc1Br)S(C)(=O)=O. The van der Waals surface area contributed by atoms with E-state index in [9.17, 15) is 18.0 Å². The molecule has 0 fully saturated rings. The molecule has 32 heavy (non-hydrogen) atoms. The number of nitrogens with zero attached hydrogens (tertiary/aromatic N) is 2. The summed E-state index contributed by atoms with van der Waals surface area (Å²) in [7, 11) is -3.74. The molecule has 0 aliphatic rings. The first-order valence-corrected chi connectivity index (χ1v) is 13.2. The van der Waals surface area contributed by atoms with Gasteiger partial charge in [-0.25, -0.2) is 8.42 Å². The Hall–Kier alpha value is -2.39. The van der Waals surface area contributed by atoms with Crippen LogP contribution in [-0.2, 0) is 26.0 Å². The number of sulfonamides is 1. The molecule has 7 nitrogen and oxygen atoms in total. The molecule has 2 amide bonds. The summed E-state index contributed by atoms with van der Waals surface area (Å²) < 4.78 is 26.7. The average molecular weight is 524 g/mol.